The maximum atomic E-state index is 11.3. The minimum atomic E-state index is 0.0374. The van der Waals surface area contributed by atoms with Crippen LogP contribution in [0.1, 0.15) is 16.6 Å². The zero-order chi connectivity index (χ0) is 14.7. The molecule has 0 radical (unpaired) electrons. The molecule has 0 saturated heterocycles. The third kappa shape index (κ3) is 3.17. The minimum Gasteiger partial charge on any atom is -0.457 e. The van der Waals surface area contributed by atoms with Crippen LogP contribution in [0, 0.1) is 0 Å². The standard InChI is InChI=1S/C17H13NO2S/c1-12(19)16-11-18-17(21-16)13-6-5-9-15(10-13)20-14-7-3-2-4-8-14/h2-11H,1H3. The minimum absolute atomic E-state index is 0.0374. The summed E-state index contributed by atoms with van der Waals surface area (Å²) < 4.78 is 5.80. The van der Waals surface area contributed by atoms with Crippen LogP contribution in [-0.2, 0) is 0 Å². The quantitative estimate of drug-likeness (QED) is 0.649. The average molecular weight is 295 g/mol. The largest absolute Gasteiger partial charge is 0.457 e. The fourth-order valence-corrected chi connectivity index (χ4v) is 2.70. The average Bonchev–Trinajstić information content (AvgIpc) is 2.99. The lowest BCUT2D eigenvalue weighted by molar-refractivity contribution is 0.102. The molecular formula is C17H13NO2S. The lowest BCUT2D eigenvalue weighted by Crippen LogP contribution is -1.84. The fraction of sp³-hybridized carbons (Fsp3) is 0.0588. The Bertz CT molecular complexity index is 765. The van der Waals surface area contributed by atoms with Crippen LogP contribution in [0.25, 0.3) is 10.6 Å². The third-order valence-corrected chi connectivity index (χ3v) is 4.06. The van der Waals surface area contributed by atoms with Gasteiger partial charge in [0.1, 0.15) is 16.5 Å². The smallest absolute Gasteiger partial charge is 0.171 e. The van der Waals surface area contributed by atoms with E-state index in [1.165, 1.54) is 11.3 Å². The van der Waals surface area contributed by atoms with Gasteiger partial charge >= 0.3 is 0 Å². The first-order valence-electron chi connectivity index (χ1n) is 6.52. The number of para-hydroxylation sites is 1. The number of benzene rings is 2. The monoisotopic (exact) mass is 295 g/mol. The van der Waals surface area contributed by atoms with Gasteiger partial charge in [-0.15, -0.1) is 11.3 Å². The summed E-state index contributed by atoms with van der Waals surface area (Å²) in [6.45, 7) is 1.55. The Balaban J connectivity index is 1.87. The maximum absolute atomic E-state index is 11.3. The number of carbonyl (C=O) groups excluding carboxylic acids is 1. The van der Waals surface area contributed by atoms with Gasteiger partial charge < -0.3 is 4.74 Å². The van der Waals surface area contributed by atoms with Crippen molar-refractivity contribution in [3.63, 3.8) is 0 Å². The fourth-order valence-electron chi connectivity index (χ4n) is 1.89. The van der Waals surface area contributed by atoms with E-state index in [1.807, 2.05) is 54.6 Å². The van der Waals surface area contributed by atoms with Gasteiger partial charge in [-0.3, -0.25) is 4.79 Å². The number of ether oxygens (including phenoxy) is 1. The first-order chi connectivity index (χ1) is 10.2. The van der Waals surface area contributed by atoms with Crippen molar-refractivity contribution in [3.05, 3.63) is 65.7 Å². The second kappa shape index (κ2) is 5.89. The molecule has 0 unspecified atom stereocenters. The van der Waals surface area contributed by atoms with Crippen LogP contribution >= 0.6 is 11.3 Å². The summed E-state index contributed by atoms with van der Waals surface area (Å²) in [7, 11) is 0. The van der Waals surface area contributed by atoms with Crippen LogP contribution in [0.3, 0.4) is 0 Å². The first-order valence-corrected chi connectivity index (χ1v) is 7.34. The van der Waals surface area contributed by atoms with Gasteiger partial charge in [-0.2, -0.15) is 0 Å². The molecule has 0 aliphatic rings. The highest BCUT2D eigenvalue weighted by Gasteiger charge is 2.08. The molecule has 0 spiro atoms. The van der Waals surface area contributed by atoms with E-state index in [0.29, 0.717) is 4.88 Å². The van der Waals surface area contributed by atoms with Gasteiger partial charge in [-0.25, -0.2) is 4.98 Å². The molecule has 0 fully saturated rings. The second-order valence-electron chi connectivity index (χ2n) is 4.53. The summed E-state index contributed by atoms with van der Waals surface area (Å²) >= 11 is 1.39. The zero-order valence-electron chi connectivity index (χ0n) is 11.4. The Morgan fingerprint density at radius 3 is 2.52 bits per heavy atom. The van der Waals surface area contributed by atoms with Gasteiger partial charge in [0, 0.05) is 18.7 Å². The molecule has 3 rings (SSSR count). The van der Waals surface area contributed by atoms with E-state index in [2.05, 4.69) is 4.98 Å². The number of carbonyl (C=O) groups is 1. The number of Topliss-reactive ketones (excluding diaryl/α,β-unsaturated/α-hetero) is 1. The number of hydrogen-bond donors (Lipinski definition) is 0. The highest BCUT2D eigenvalue weighted by molar-refractivity contribution is 7.16. The van der Waals surface area contributed by atoms with Crippen LogP contribution in [0.5, 0.6) is 11.5 Å². The van der Waals surface area contributed by atoms with E-state index in [1.54, 1.807) is 13.1 Å². The number of aromatic nitrogens is 1. The van der Waals surface area contributed by atoms with Crippen molar-refractivity contribution in [1.82, 2.24) is 4.98 Å². The van der Waals surface area contributed by atoms with Crippen molar-refractivity contribution in [3.8, 4) is 22.1 Å². The maximum Gasteiger partial charge on any atom is 0.171 e. The van der Waals surface area contributed by atoms with E-state index < -0.39 is 0 Å². The number of nitrogens with zero attached hydrogens (tertiary/aromatic N) is 1. The zero-order valence-corrected chi connectivity index (χ0v) is 12.3. The van der Waals surface area contributed by atoms with Crippen LogP contribution in [0.4, 0.5) is 0 Å². The summed E-state index contributed by atoms with van der Waals surface area (Å²) in [5.74, 6) is 1.58. The molecule has 0 bridgehead atoms. The van der Waals surface area contributed by atoms with Crippen LogP contribution < -0.4 is 4.74 Å². The molecule has 1 aromatic heterocycles. The Labute approximate surface area is 126 Å². The second-order valence-corrected chi connectivity index (χ2v) is 5.56. The molecule has 104 valence electrons. The molecule has 21 heavy (non-hydrogen) atoms. The molecule has 3 nitrogen and oxygen atoms in total. The van der Waals surface area contributed by atoms with Crippen molar-refractivity contribution in [2.45, 2.75) is 6.92 Å². The number of thiazole rings is 1. The van der Waals surface area contributed by atoms with E-state index in [4.69, 9.17) is 4.74 Å². The van der Waals surface area contributed by atoms with Crippen molar-refractivity contribution in [1.29, 1.82) is 0 Å². The number of hydrogen-bond acceptors (Lipinski definition) is 4. The van der Waals surface area contributed by atoms with Crippen LogP contribution in [0.2, 0.25) is 0 Å². The normalized spacial score (nSPS) is 10.3. The molecule has 0 atom stereocenters. The molecule has 2 aromatic carbocycles. The predicted octanol–water partition coefficient (Wildman–Crippen LogP) is 4.81. The van der Waals surface area contributed by atoms with E-state index >= 15 is 0 Å². The molecule has 0 aliphatic carbocycles. The molecule has 0 saturated carbocycles. The lowest BCUT2D eigenvalue weighted by Gasteiger charge is -2.06. The lowest BCUT2D eigenvalue weighted by atomic mass is 10.2. The van der Waals surface area contributed by atoms with Crippen molar-refractivity contribution < 1.29 is 9.53 Å². The number of ketones is 1. The predicted molar refractivity (Wildman–Crippen MR) is 84.1 cm³/mol. The summed E-state index contributed by atoms with van der Waals surface area (Å²) in [6.07, 6.45) is 1.62. The summed E-state index contributed by atoms with van der Waals surface area (Å²) in [4.78, 5) is 16.3. The topological polar surface area (TPSA) is 39.2 Å². The van der Waals surface area contributed by atoms with Gasteiger partial charge in [0.05, 0.1) is 4.88 Å². The van der Waals surface area contributed by atoms with E-state index in [9.17, 15) is 4.79 Å². The Kier molecular flexibility index (Phi) is 3.79. The Hall–Kier alpha value is -2.46. The van der Waals surface area contributed by atoms with Gasteiger partial charge in [0.25, 0.3) is 0 Å². The summed E-state index contributed by atoms with van der Waals surface area (Å²) in [5.41, 5.74) is 0.945. The first kappa shape index (κ1) is 13.5. The van der Waals surface area contributed by atoms with Crippen molar-refractivity contribution in [2.75, 3.05) is 0 Å². The van der Waals surface area contributed by atoms with Gasteiger partial charge in [0.15, 0.2) is 5.78 Å². The SMILES string of the molecule is CC(=O)c1cnc(-c2cccc(Oc3ccccc3)c2)s1. The number of rotatable bonds is 4. The van der Waals surface area contributed by atoms with Crippen LogP contribution in [0.15, 0.2) is 60.8 Å². The Morgan fingerprint density at radius 2 is 1.81 bits per heavy atom. The van der Waals surface area contributed by atoms with Crippen molar-refractivity contribution in [2.24, 2.45) is 0 Å². The van der Waals surface area contributed by atoms with Gasteiger partial charge in [0.2, 0.25) is 0 Å². The van der Waals surface area contributed by atoms with Gasteiger partial charge in [-0.05, 0) is 24.3 Å². The van der Waals surface area contributed by atoms with Gasteiger partial charge in [-0.1, -0.05) is 30.3 Å². The molecule has 0 aliphatic heterocycles. The highest BCUT2D eigenvalue weighted by atomic mass is 32.1. The molecular weight excluding hydrogens is 282 g/mol. The van der Waals surface area contributed by atoms with E-state index in [-0.39, 0.29) is 5.78 Å². The summed E-state index contributed by atoms with van der Waals surface area (Å²) in [6, 6.07) is 17.3. The summed E-state index contributed by atoms with van der Waals surface area (Å²) in [5, 5.41) is 0.818. The van der Waals surface area contributed by atoms with Crippen molar-refractivity contribution >= 4 is 17.1 Å². The molecule has 0 N–H and O–H groups in total. The Morgan fingerprint density at radius 1 is 1.05 bits per heavy atom. The molecule has 1 heterocycles. The molecule has 4 heteroatoms. The molecule has 0 amide bonds. The highest BCUT2D eigenvalue weighted by Crippen LogP contribution is 2.30. The van der Waals surface area contributed by atoms with Crippen LogP contribution in [-0.4, -0.2) is 10.8 Å². The third-order valence-electron chi connectivity index (χ3n) is 2.91. The molecule has 3 aromatic rings. The van der Waals surface area contributed by atoms with E-state index in [0.717, 1.165) is 22.1 Å².